The monoisotopic (exact) mass is 279 g/mol. The molecule has 2 aliphatic carbocycles. The molecular weight excluding hydrogens is 270 g/mol. The minimum absolute atomic E-state index is 0. The zero-order valence-corrected chi connectivity index (χ0v) is 10.8. The normalized spacial score (nSPS) is 18.7. The summed E-state index contributed by atoms with van der Waals surface area (Å²) >= 11 is 0. The van der Waals surface area contributed by atoms with Crippen molar-refractivity contribution >= 4 is 0 Å². The average molecular weight is 281 g/mol. The molecule has 0 saturated carbocycles. The third-order valence-electron chi connectivity index (χ3n) is 2.15. The molecule has 0 aromatic rings. The first-order valence-corrected chi connectivity index (χ1v) is 3.66. The Morgan fingerprint density at radius 3 is 2.67 bits per heavy atom. The maximum atomic E-state index is 2.38. The molecule has 2 rings (SSSR count). The van der Waals surface area contributed by atoms with Crippen molar-refractivity contribution in [3.05, 3.63) is 29.7 Å². The first kappa shape index (κ1) is 15.4. The summed E-state index contributed by atoms with van der Waals surface area (Å²) in [5.74, 6) is 0. The molecule has 0 bridgehead atoms. The molecule has 0 N–H and O–H groups in total. The van der Waals surface area contributed by atoms with Crippen molar-refractivity contribution in [1.29, 1.82) is 0 Å². The van der Waals surface area contributed by atoms with Gasteiger partial charge in [-0.25, -0.2) is 0 Å². The van der Waals surface area contributed by atoms with Gasteiger partial charge in [-0.3, -0.25) is 0 Å². The molecule has 1 radical (unpaired) electrons. The fourth-order valence-corrected chi connectivity index (χ4v) is 1.60. The third-order valence-corrected chi connectivity index (χ3v) is 2.15. The van der Waals surface area contributed by atoms with Crippen molar-refractivity contribution in [1.82, 2.24) is 0 Å². The topological polar surface area (TPSA) is 0 Å². The van der Waals surface area contributed by atoms with E-state index >= 15 is 0 Å². The van der Waals surface area contributed by atoms with Crippen LogP contribution in [0.4, 0.5) is 0 Å². The zero-order chi connectivity index (χ0) is 6.10. The Kier molecular flexibility index (Phi) is 9.45. The van der Waals surface area contributed by atoms with E-state index in [2.05, 4.69) is 18.6 Å². The van der Waals surface area contributed by atoms with Gasteiger partial charge in [-0.05, 0) is 6.42 Å². The van der Waals surface area contributed by atoms with Gasteiger partial charge < -0.3 is 31.2 Å². The quantitative estimate of drug-likeness (QED) is 0.407. The van der Waals surface area contributed by atoms with Gasteiger partial charge in [-0.1, -0.05) is 29.7 Å². The van der Waals surface area contributed by atoms with Gasteiger partial charge in [0.2, 0.25) is 0 Å². The Balaban J connectivity index is 0. The van der Waals surface area contributed by atoms with Crippen LogP contribution >= 0.6 is 0 Å². The predicted molar refractivity (Wildman–Crippen MR) is 38.9 cm³/mol. The molecule has 0 atom stereocenters. The summed E-state index contributed by atoms with van der Waals surface area (Å²) in [5, 5.41) is 0. The minimum Gasteiger partial charge on any atom is -1.00 e. The Labute approximate surface area is 106 Å². The Bertz CT molecular complexity index is 185. The van der Waals surface area contributed by atoms with Gasteiger partial charge in [0.25, 0.3) is 0 Å². The van der Waals surface area contributed by atoms with Gasteiger partial charge in [0.15, 0.2) is 0 Å². The first-order chi connectivity index (χ1) is 4.47. The van der Waals surface area contributed by atoms with Crippen LogP contribution in [0.5, 0.6) is 0 Å². The second-order valence-corrected chi connectivity index (χ2v) is 2.77. The van der Waals surface area contributed by atoms with E-state index in [4.69, 9.17) is 0 Å². The smallest absolute Gasteiger partial charge is 1.00 e. The molecule has 0 amide bonds. The van der Waals surface area contributed by atoms with E-state index in [9.17, 15) is 0 Å². The molecule has 2 aliphatic rings. The number of allylic oxidation sites excluding steroid dienone is 4. The maximum Gasteiger partial charge on any atom is 3.00 e. The molecule has 0 aromatic heterocycles. The van der Waals surface area contributed by atoms with E-state index in [1.165, 1.54) is 25.7 Å². The maximum absolute atomic E-state index is 2.38. The van der Waals surface area contributed by atoms with Crippen LogP contribution in [0.3, 0.4) is 0 Å². The molecule has 0 aromatic carbocycles. The molecule has 65 valence electrons. The van der Waals surface area contributed by atoms with Crippen molar-refractivity contribution in [3.63, 3.8) is 0 Å². The van der Waals surface area contributed by atoms with Gasteiger partial charge in [-0.15, -0.1) is 0 Å². The van der Waals surface area contributed by atoms with Gasteiger partial charge >= 0.3 is 26.2 Å². The van der Waals surface area contributed by atoms with Crippen LogP contribution in [0.15, 0.2) is 23.3 Å². The standard InChI is InChI=1S/C9H11.2ClH.Zr/c1-2-5-9-7-3-6-8(9)4-1;;;/h1,3,6H,2,4-5,7H2;2*1H;/q-1;;;+3/p-2. The predicted octanol–water partition coefficient (Wildman–Crippen LogP) is -3.36. The molecule has 3 heteroatoms. The minimum atomic E-state index is 0. The number of rotatable bonds is 0. The number of halogens is 2. The van der Waals surface area contributed by atoms with Gasteiger partial charge in [0.1, 0.15) is 0 Å². The third kappa shape index (κ3) is 3.36. The van der Waals surface area contributed by atoms with Crippen LogP contribution in [0, 0.1) is 6.42 Å². The van der Waals surface area contributed by atoms with Crippen LogP contribution in [0.1, 0.15) is 25.7 Å². The van der Waals surface area contributed by atoms with E-state index in [1.54, 1.807) is 11.1 Å². The fourth-order valence-electron chi connectivity index (χ4n) is 1.60. The van der Waals surface area contributed by atoms with Crippen molar-refractivity contribution < 1.29 is 51.0 Å². The molecule has 0 nitrogen and oxygen atoms in total. The summed E-state index contributed by atoms with van der Waals surface area (Å²) in [4.78, 5) is 0. The summed E-state index contributed by atoms with van der Waals surface area (Å²) in [6.07, 6.45) is 12.0. The van der Waals surface area contributed by atoms with Crippen LogP contribution in [0.25, 0.3) is 0 Å². The Hall–Kier alpha value is 0.943. The van der Waals surface area contributed by atoms with Crippen molar-refractivity contribution in [3.8, 4) is 0 Å². The van der Waals surface area contributed by atoms with Crippen LogP contribution in [-0.4, -0.2) is 0 Å². The number of hydrogen-bond donors (Lipinski definition) is 0. The second kappa shape index (κ2) is 7.36. The molecule has 0 heterocycles. The van der Waals surface area contributed by atoms with Crippen molar-refractivity contribution in [2.75, 3.05) is 0 Å². The largest absolute Gasteiger partial charge is 3.00 e. The average Bonchev–Trinajstić information content (AvgIpc) is 2.33. The SMILES string of the molecule is C1=CC2=C(C1)CC[CH-]C2.[Cl-].[Cl-].[Zr+3]. The van der Waals surface area contributed by atoms with Crippen LogP contribution in [-0.2, 0) is 26.2 Å². The molecule has 0 aliphatic heterocycles. The molecular formula is C9H11Cl2Zr. The molecule has 12 heavy (non-hydrogen) atoms. The van der Waals surface area contributed by atoms with Gasteiger partial charge in [0, 0.05) is 0 Å². The van der Waals surface area contributed by atoms with Crippen molar-refractivity contribution in [2.24, 2.45) is 0 Å². The molecule has 0 fully saturated rings. The van der Waals surface area contributed by atoms with E-state index in [0.29, 0.717) is 0 Å². The van der Waals surface area contributed by atoms with E-state index in [-0.39, 0.29) is 51.0 Å². The summed E-state index contributed by atoms with van der Waals surface area (Å²) in [6.45, 7) is 0. The molecule has 0 saturated heterocycles. The van der Waals surface area contributed by atoms with E-state index in [1.807, 2.05) is 0 Å². The fraction of sp³-hybridized carbons (Fsp3) is 0.444. The summed E-state index contributed by atoms with van der Waals surface area (Å²) in [7, 11) is 0. The Morgan fingerprint density at radius 2 is 2.00 bits per heavy atom. The van der Waals surface area contributed by atoms with Crippen LogP contribution in [0.2, 0.25) is 0 Å². The zero-order valence-electron chi connectivity index (χ0n) is 6.82. The molecule has 0 unspecified atom stereocenters. The van der Waals surface area contributed by atoms with E-state index < -0.39 is 0 Å². The summed E-state index contributed by atoms with van der Waals surface area (Å²) < 4.78 is 0. The molecule has 0 spiro atoms. The van der Waals surface area contributed by atoms with Crippen LogP contribution < -0.4 is 24.8 Å². The number of hydrogen-bond acceptors (Lipinski definition) is 0. The Morgan fingerprint density at radius 1 is 1.25 bits per heavy atom. The van der Waals surface area contributed by atoms with Crippen molar-refractivity contribution in [2.45, 2.75) is 25.7 Å². The first-order valence-electron chi connectivity index (χ1n) is 3.66. The summed E-state index contributed by atoms with van der Waals surface area (Å²) in [6, 6.07) is 0. The second-order valence-electron chi connectivity index (χ2n) is 2.77. The van der Waals surface area contributed by atoms with E-state index in [0.717, 1.165) is 0 Å². The van der Waals surface area contributed by atoms with Gasteiger partial charge in [0.05, 0.1) is 0 Å². The van der Waals surface area contributed by atoms with Gasteiger partial charge in [-0.2, -0.15) is 12.8 Å². The summed E-state index contributed by atoms with van der Waals surface area (Å²) in [5.41, 5.74) is 3.29.